The molecule has 0 bridgehead atoms. The Hall–Kier alpha value is -1.21. The Labute approximate surface area is 113 Å². The van der Waals surface area contributed by atoms with Gasteiger partial charge in [0.05, 0.1) is 10.5 Å². The van der Waals surface area contributed by atoms with Gasteiger partial charge in [-0.15, -0.1) is 0 Å². The van der Waals surface area contributed by atoms with Gasteiger partial charge in [-0.2, -0.15) is 0 Å². The summed E-state index contributed by atoms with van der Waals surface area (Å²) < 4.78 is 49.0. The molecule has 1 heterocycles. The second-order valence-corrected chi connectivity index (χ2v) is 6.73. The van der Waals surface area contributed by atoms with Gasteiger partial charge in [0.25, 0.3) is 15.0 Å². The van der Waals surface area contributed by atoms with Crippen molar-refractivity contribution in [1.29, 1.82) is 0 Å². The zero-order chi connectivity index (χ0) is 14.2. The third-order valence-electron chi connectivity index (χ3n) is 2.91. The molecule has 1 amide bonds. The molecule has 104 valence electrons. The summed E-state index contributed by atoms with van der Waals surface area (Å²) in [7, 11) is 0.822. The highest BCUT2D eigenvalue weighted by Gasteiger charge is 2.28. The smallest absolute Gasteiger partial charge is 0.262 e. The van der Waals surface area contributed by atoms with Crippen LogP contribution >= 0.6 is 10.7 Å². The maximum absolute atomic E-state index is 13.2. The van der Waals surface area contributed by atoms with Gasteiger partial charge in [0, 0.05) is 23.8 Å². The summed E-state index contributed by atoms with van der Waals surface area (Å²) in [6.07, 6.45) is 1.58. The fourth-order valence-electron chi connectivity index (χ4n) is 1.99. The minimum Gasteiger partial charge on any atom is -0.339 e. The molecule has 1 fully saturated rings. The van der Waals surface area contributed by atoms with Gasteiger partial charge in [-0.1, -0.05) is 0 Å². The molecule has 0 unspecified atom stereocenters. The Kier molecular flexibility index (Phi) is 3.78. The minimum atomic E-state index is -4.33. The van der Waals surface area contributed by atoms with Gasteiger partial charge in [-0.05, 0) is 25.0 Å². The Bertz CT molecular complexity index is 627. The van der Waals surface area contributed by atoms with Crippen LogP contribution in [0.5, 0.6) is 0 Å². The topological polar surface area (TPSA) is 54.5 Å². The fraction of sp³-hybridized carbons (Fsp3) is 0.364. The fourth-order valence-corrected chi connectivity index (χ4v) is 3.02. The number of likely N-dealkylation sites (tertiary alicyclic amines) is 1. The zero-order valence-electron chi connectivity index (χ0n) is 9.70. The number of nitrogens with zero attached hydrogens (tertiary/aromatic N) is 1. The molecule has 1 aliphatic heterocycles. The van der Waals surface area contributed by atoms with Gasteiger partial charge in [0.1, 0.15) is 0 Å². The van der Waals surface area contributed by atoms with Crippen molar-refractivity contribution in [3.63, 3.8) is 0 Å². The molecular weight excluding hydrogens is 300 g/mol. The van der Waals surface area contributed by atoms with E-state index >= 15 is 0 Å². The van der Waals surface area contributed by atoms with Crippen LogP contribution in [-0.2, 0) is 9.05 Å². The van der Waals surface area contributed by atoms with E-state index in [4.69, 9.17) is 10.7 Å². The van der Waals surface area contributed by atoms with E-state index in [0.717, 1.165) is 12.8 Å². The van der Waals surface area contributed by atoms with Crippen molar-refractivity contribution in [3.8, 4) is 0 Å². The van der Waals surface area contributed by atoms with E-state index in [9.17, 15) is 22.0 Å². The second kappa shape index (κ2) is 5.05. The molecule has 4 nitrogen and oxygen atoms in total. The molecule has 2 rings (SSSR count). The standard InChI is InChI=1S/C11H10ClF2NO3S/c12-19(17,18)10-6-9(14)8(13)5-7(10)11(16)15-3-1-2-4-15/h5-6H,1-4H2. The van der Waals surface area contributed by atoms with Crippen molar-refractivity contribution >= 4 is 25.6 Å². The SMILES string of the molecule is O=C(c1cc(F)c(F)cc1S(=O)(=O)Cl)N1CCCC1. The third-order valence-corrected chi connectivity index (χ3v) is 4.27. The minimum absolute atomic E-state index is 0.432. The van der Waals surface area contributed by atoms with Gasteiger partial charge in [0.15, 0.2) is 11.6 Å². The van der Waals surface area contributed by atoms with Crippen molar-refractivity contribution in [1.82, 2.24) is 4.90 Å². The van der Waals surface area contributed by atoms with Crippen molar-refractivity contribution in [2.75, 3.05) is 13.1 Å². The molecule has 0 spiro atoms. The first kappa shape index (κ1) is 14.2. The van der Waals surface area contributed by atoms with Crippen LogP contribution in [0.1, 0.15) is 23.2 Å². The first-order valence-electron chi connectivity index (χ1n) is 5.53. The van der Waals surface area contributed by atoms with Gasteiger partial charge in [-0.25, -0.2) is 17.2 Å². The van der Waals surface area contributed by atoms with Crippen molar-refractivity contribution in [3.05, 3.63) is 29.3 Å². The molecule has 0 atom stereocenters. The first-order valence-corrected chi connectivity index (χ1v) is 7.84. The molecule has 19 heavy (non-hydrogen) atoms. The van der Waals surface area contributed by atoms with E-state index in [2.05, 4.69) is 0 Å². The van der Waals surface area contributed by atoms with E-state index in [1.807, 2.05) is 0 Å². The lowest BCUT2D eigenvalue weighted by Crippen LogP contribution is -2.29. The summed E-state index contributed by atoms with van der Waals surface area (Å²) in [6.45, 7) is 0.916. The van der Waals surface area contributed by atoms with Crippen LogP contribution < -0.4 is 0 Å². The average molecular weight is 310 g/mol. The molecule has 0 radical (unpaired) electrons. The number of amides is 1. The van der Waals surface area contributed by atoms with Gasteiger partial charge < -0.3 is 4.90 Å². The maximum Gasteiger partial charge on any atom is 0.262 e. The first-order chi connectivity index (χ1) is 8.80. The van der Waals surface area contributed by atoms with Gasteiger partial charge >= 0.3 is 0 Å². The Morgan fingerprint density at radius 1 is 1.16 bits per heavy atom. The lowest BCUT2D eigenvalue weighted by Gasteiger charge is -2.16. The lowest BCUT2D eigenvalue weighted by atomic mass is 10.2. The Morgan fingerprint density at radius 3 is 2.21 bits per heavy atom. The summed E-state index contributed by atoms with van der Waals surface area (Å²) in [4.78, 5) is 12.8. The predicted molar refractivity (Wildman–Crippen MR) is 64.5 cm³/mol. The molecule has 1 saturated heterocycles. The van der Waals surface area contributed by atoms with Crippen LogP contribution in [-0.4, -0.2) is 32.3 Å². The highest BCUT2D eigenvalue weighted by molar-refractivity contribution is 8.13. The maximum atomic E-state index is 13.2. The molecule has 1 aromatic carbocycles. The van der Waals surface area contributed by atoms with E-state index in [0.29, 0.717) is 25.2 Å². The van der Waals surface area contributed by atoms with Crippen LogP contribution in [0.2, 0.25) is 0 Å². The summed E-state index contributed by atoms with van der Waals surface area (Å²) in [5.41, 5.74) is -0.434. The largest absolute Gasteiger partial charge is 0.339 e. The number of carbonyl (C=O) groups excluding carboxylic acids is 1. The number of hydrogen-bond donors (Lipinski definition) is 0. The van der Waals surface area contributed by atoms with Crippen LogP contribution in [0, 0.1) is 11.6 Å². The lowest BCUT2D eigenvalue weighted by molar-refractivity contribution is 0.0788. The molecule has 8 heteroatoms. The van der Waals surface area contributed by atoms with Crippen molar-refractivity contribution < 1.29 is 22.0 Å². The van der Waals surface area contributed by atoms with Crippen LogP contribution in [0.15, 0.2) is 17.0 Å². The predicted octanol–water partition coefficient (Wildman–Crippen LogP) is 2.13. The van der Waals surface area contributed by atoms with E-state index < -0.39 is 37.1 Å². The molecule has 1 aromatic rings. The summed E-state index contributed by atoms with van der Waals surface area (Å²) in [6, 6.07) is 1.01. The second-order valence-electron chi connectivity index (χ2n) is 4.20. The number of benzene rings is 1. The Morgan fingerprint density at radius 2 is 1.68 bits per heavy atom. The highest BCUT2D eigenvalue weighted by atomic mass is 35.7. The zero-order valence-corrected chi connectivity index (χ0v) is 11.3. The monoisotopic (exact) mass is 309 g/mol. The number of hydrogen-bond acceptors (Lipinski definition) is 3. The van der Waals surface area contributed by atoms with Crippen LogP contribution in [0.3, 0.4) is 0 Å². The van der Waals surface area contributed by atoms with Crippen LogP contribution in [0.4, 0.5) is 8.78 Å². The average Bonchev–Trinajstić information content (AvgIpc) is 2.83. The van der Waals surface area contributed by atoms with E-state index in [1.54, 1.807) is 0 Å². The third kappa shape index (κ3) is 2.87. The summed E-state index contributed by atoms with van der Waals surface area (Å²) >= 11 is 0. The van der Waals surface area contributed by atoms with Gasteiger partial charge in [0.2, 0.25) is 0 Å². The summed E-state index contributed by atoms with van der Waals surface area (Å²) in [5, 5.41) is 0. The van der Waals surface area contributed by atoms with Gasteiger partial charge in [-0.3, -0.25) is 4.79 Å². The highest BCUT2D eigenvalue weighted by Crippen LogP contribution is 2.25. The normalized spacial score (nSPS) is 15.8. The molecule has 0 aromatic heterocycles. The molecule has 0 saturated carbocycles. The molecule has 0 aliphatic carbocycles. The number of halogens is 3. The van der Waals surface area contributed by atoms with E-state index in [-0.39, 0.29) is 0 Å². The summed E-state index contributed by atoms with van der Waals surface area (Å²) in [5.74, 6) is -3.31. The van der Waals surface area contributed by atoms with Crippen molar-refractivity contribution in [2.45, 2.75) is 17.7 Å². The Balaban J connectivity index is 2.54. The molecular formula is C11H10ClF2NO3S. The molecule has 1 aliphatic rings. The quantitative estimate of drug-likeness (QED) is 0.786. The van der Waals surface area contributed by atoms with Crippen molar-refractivity contribution in [2.24, 2.45) is 0 Å². The molecule has 0 N–H and O–H groups in total. The van der Waals surface area contributed by atoms with E-state index in [1.165, 1.54) is 4.90 Å². The number of carbonyl (C=O) groups is 1. The van der Waals surface area contributed by atoms with Crippen LogP contribution in [0.25, 0.3) is 0 Å². The number of rotatable bonds is 2.